The first-order chi connectivity index (χ1) is 7.99. The predicted molar refractivity (Wildman–Crippen MR) is 58.5 cm³/mol. The molecule has 0 unspecified atom stereocenters. The maximum atomic E-state index is 12.9. The third-order valence-corrected chi connectivity index (χ3v) is 2.30. The minimum absolute atomic E-state index is 0.0212. The average Bonchev–Trinajstić information content (AvgIpc) is 2.61. The Balaban J connectivity index is 2.47. The van der Waals surface area contributed by atoms with Crippen LogP contribution in [0.15, 0.2) is 33.6 Å². The maximum absolute atomic E-state index is 12.9. The zero-order valence-corrected chi connectivity index (χ0v) is 9.07. The van der Waals surface area contributed by atoms with Crippen LogP contribution in [0.3, 0.4) is 0 Å². The van der Waals surface area contributed by atoms with E-state index in [1.165, 1.54) is 6.07 Å². The lowest BCUT2D eigenvalue weighted by Gasteiger charge is -2.00. The topological polar surface area (TPSA) is 78.2 Å². The molecule has 17 heavy (non-hydrogen) atoms. The first-order valence-electron chi connectivity index (χ1n) is 4.47. The lowest BCUT2D eigenvalue weighted by molar-refractivity contribution is 0.0846. The van der Waals surface area contributed by atoms with Gasteiger partial charge in [0.1, 0.15) is 5.82 Å². The zero-order valence-electron chi connectivity index (χ0n) is 8.31. The quantitative estimate of drug-likeness (QED) is 0.839. The number of nitrogens with zero attached hydrogens (tertiary/aromatic N) is 1. The Morgan fingerprint density at radius 3 is 2.65 bits per heavy atom. The first-order valence-corrected chi connectivity index (χ1v) is 4.85. The molecule has 2 rings (SSSR count). The summed E-state index contributed by atoms with van der Waals surface area (Å²) in [5.74, 6) is -1.61. The monoisotopic (exact) mass is 256 g/mol. The van der Waals surface area contributed by atoms with Crippen molar-refractivity contribution in [1.29, 1.82) is 0 Å². The van der Waals surface area contributed by atoms with E-state index < -0.39 is 17.3 Å². The lowest BCUT2D eigenvalue weighted by Crippen LogP contribution is -2.22. The molecule has 0 radical (unpaired) electrons. The number of carbonyl (C=O) groups is 1. The number of carbonyl (C=O) groups excluding carboxylic acids is 1. The molecule has 1 heterocycles. The molecule has 0 spiro atoms. The van der Waals surface area contributed by atoms with Crippen LogP contribution < -0.4 is 11.3 Å². The Hall–Kier alpha value is -2.08. The molecule has 2 aromatic rings. The Labute approximate surface area is 99.2 Å². The van der Waals surface area contributed by atoms with Crippen LogP contribution in [0.4, 0.5) is 10.3 Å². The van der Waals surface area contributed by atoms with E-state index in [0.29, 0.717) is 4.74 Å². The van der Waals surface area contributed by atoms with Gasteiger partial charge < -0.3 is 10.3 Å². The number of rotatable bonds is 1. The number of anilines is 1. The van der Waals surface area contributed by atoms with Gasteiger partial charge >= 0.3 is 0 Å². The summed E-state index contributed by atoms with van der Waals surface area (Å²) in [6.07, 6.45) is 0. The van der Waals surface area contributed by atoms with Gasteiger partial charge in [-0.05, 0) is 18.2 Å². The molecule has 0 amide bonds. The average molecular weight is 257 g/mol. The first kappa shape index (κ1) is 11.4. The molecular weight excluding hydrogens is 251 g/mol. The molecule has 0 fully saturated rings. The van der Waals surface area contributed by atoms with Crippen LogP contribution in [0.25, 0.3) is 0 Å². The zero-order chi connectivity index (χ0) is 12.6. The summed E-state index contributed by atoms with van der Waals surface area (Å²) in [5.41, 5.74) is 4.54. The number of benzene rings is 1. The summed E-state index contributed by atoms with van der Waals surface area (Å²) in [6.45, 7) is 0. The van der Waals surface area contributed by atoms with Crippen molar-refractivity contribution in [2.24, 2.45) is 0 Å². The van der Waals surface area contributed by atoms with Crippen LogP contribution in [0, 0.1) is 5.82 Å². The van der Waals surface area contributed by atoms with Crippen molar-refractivity contribution in [3.05, 3.63) is 51.0 Å². The van der Waals surface area contributed by atoms with Gasteiger partial charge in [0.15, 0.2) is 0 Å². The number of halogens is 2. The fourth-order valence-electron chi connectivity index (χ4n) is 1.25. The Kier molecular flexibility index (Phi) is 2.72. The third kappa shape index (κ3) is 2.07. The van der Waals surface area contributed by atoms with Gasteiger partial charge in [0.2, 0.25) is 5.88 Å². The van der Waals surface area contributed by atoms with Crippen LogP contribution in [0.1, 0.15) is 10.4 Å². The van der Waals surface area contributed by atoms with Gasteiger partial charge in [-0.2, -0.15) is 0 Å². The second-order valence-corrected chi connectivity index (χ2v) is 3.61. The molecule has 0 aliphatic heterocycles. The molecular formula is C10H6ClFN2O3. The number of hydrogen-bond donors (Lipinski definition) is 1. The summed E-state index contributed by atoms with van der Waals surface area (Å²) < 4.78 is 18.1. The van der Waals surface area contributed by atoms with Gasteiger partial charge in [-0.1, -0.05) is 16.3 Å². The number of nitrogen functional groups attached to an aromatic ring is 1. The van der Waals surface area contributed by atoms with Crippen LogP contribution in [-0.2, 0) is 0 Å². The van der Waals surface area contributed by atoms with E-state index in [2.05, 4.69) is 0 Å². The molecule has 7 heteroatoms. The molecule has 88 valence electrons. The normalized spacial score (nSPS) is 10.5. The molecule has 0 saturated carbocycles. The van der Waals surface area contributed by atoms with E-state index >= 15 is 0 Å². The van der Waals surface area contributed by atoms with Crippen molar-refractivity contribution in [3.63, 3.8) is 0 Å². The standard InChI is InChI=1S/C10H6ClFN2O3/c11-6-3-5(1-2-7(6)12)10(16)14-9(15)4-8(13)17-14/h1-4H,13H2. The molecule has 0 aliphatic rings. The molecule has 2 N–H and O–H groups in total. The van der Waals surface area contributed by atoms with Crippen LogP contribution >= 0.6 is 11.6 Å². The number of aromatic nitrogens is 1. The highest BCUT2D eigenvalue weighted by atomic mass is 35.5. The maximum Gasteiger partial charge on any atom is 0.294 e. The highest BCUT2D eigenvalue weighted by Crippen LogP contribution is 2.16. The van der Waals surface area contributed by atoms with Gasteiger partial charge in [-0.25, -0.2) is 4.39 Å². The van der Waals surface area contributed by atoms with Crippen LogP contribution in [0.5, 0.6) is 0 Å². The minimum Gasteiger partial charge on any atom is -0.368 e. The second-order valence-electron chi connectivity index (χ2n) is 3.20. The van der Waals surface area contributed by atoms with Crippen molar-refractivity contribution >= 4 is 23.4 Å². The van der Waals surface area contributed by atoms with E-state index in [1.54, 1.807) is 0 Å². The van der Waals surface area contributed by atoms with E-state index in [-0.39, 0.29) is 16.5 Å². The Morgan fingerprint density at radius 2 is 2.12 bits per heavy atom. The minimum atomic E-state index is -0.770. The molecule has 1 aromatic heterocycles. The Bertz CT molecular complexity index is 647. The van der Waals surface area contributed by atoms with E-state index in [4.69, 9.17) is 21.9 Å². The summed E-state index contributed by atoms with van der Waals surface area (Å²) in [7, 11) is 0. The van der Waals surface area contributed by atoms with Gasteiger partial charge in [0, 0.05) is 5.56 Å². The van der Waals surface area contributed by atoms with Crippen molar-refractivity contribution in [2.75, 3.05) is 5.73 Å². The number of nitrogens with two attached hydrogens (primary N) is 1. The lowest BCUT2D eigenvalue weighted by atomic mass is 10.2. The highest BCUT2D eigenvalue weighted by molar-refractivity contribution is 6.31. The van der Waals surface area contributed by atoms with Crippen molar-refractivity contribution in [2.45, 2.75) is 0 Å². The smallest absolute Gasteiger partial charge is 0.294 e. The van der Waals surface area contributed by atoms with Crippen LogP contribution in [-0.4, -0.2) is 10.6 Å². The van der Waals surface area contributed by atoms with Crippen molar-refractivity contribution in [3.8, 4) is 0 Å². The molecule has 0 bridgehead atoms. The van der Waals surface area contributed by atoms with Crippen molar-refractivity contribution in [1.82, 2.24) is 4.74 Å². The molecule has 5 nitrogen and oxygen atoms in total. The SMILES string of the molecule is Nc1cc(=O)n(C(=O)c2ccc(F)c(Cl)c2)o1. The molecule has 0 atom stereocenters. The summed E-state index contributed by atoms with van der Waals surface area (Å²) in [6, 6.07) is 4.27. The third-order valence-electron chi connectivity index (χ3n) is 2.01. The van der Waals surface area contributed by atoms with E-state index in [9.17, 15) is 14.0 Å². The fraction of sp³-hybridized carbons (Fsp3) is 0. The van der Waals surface area contributed by atoms with E-state index in [0.717, 1.165) is 18.2 Å². The highest BCUT2D eigenvalue weighted by Gasteiger charge is 2.15. The van der Waals surface area contributed by atoms with Gasteiger partial charge in [0.25, 0.3) is 11.5 Å². The number of hydrogen-bond acceptors (Lipinski definition) is 4. The largest absolute Gasteiger partial charge is 0.368 e. The van der Waals surface area contributed by atoms with E-state index in [1.807, 2.05) is 0 Å². The molecule has 1 aromatic carbocycles. The molecule has 0 aliphatic carbocycles. The van der Waals surface area contributed by atoms with Crippen LogP contribution in [0.2, 0.25) is 5.02 Å². The second kappa shape index (κ2) is 4.06. The predicted octanol–water partition coefficient (Wildman–Crippen LogP) is 1.50. The fourth-order valence-corrected chi connectivity index (χ4v) is 1.43. The van der Waals surface area contributed by atoms with Crippen molar-refractivity contribution < 1.29 is 13.7 Å². The summed E-state index contributed by atoms with van der Waals surface area (Å²) in [5, 5.41) is -0.219. The van der Waals surface area contributed by atoms with Gasteiger partial charge in [0.05, 0.1) is 11.1 Å². The summed E-state index contributed by atoms with van der Waals surface area (Å²) in [4.78, 5) is 23.0. The Morgan fingerprint density at radius 1 is 1.41 bits per heavy atom. The summed E-state index contributed by atoms with van der Waals surface area (Å²) >= 11 is 5.52. The van der Waals surface area contributed by atoms with Gasteiger partial charge in [-0.3, -0.25) is 9.59 Å². The molecule has 0 saturated heterocycles. The van der Waals surface area contributed by atoms with Gasteiger partial charge in [-0.15, -0.1) is 0 Å².